The number of fused-ring (bicyclic) bond motifs is 1. The predicted molar refractivity (Wildman–Crippen MR) is 130 cm³/mol. The van der Waals surface area contributed by atoms with Crippen LogP contribution in [-0.4, -0.2) is 73.6 Å². The van der Waals surface area contributed by atoms with Crippen molar-refractivity contribution in [3.8, 4) is 22.3 Å². The van der Waals surface area contributed by atoms with Gasteiger partial charge >= 0.3 is 0 Å². The Morgan fingerprint density at radius 2 is 1.94 bits per heavy atom. The summed E-state index contributed by atoms with van der Waals surface area (Å²) in [6, 6.07) is 2.55. The maximum absolute atomic E-state index is 13.1. The van der Waals surface area contributed by atoms with E-state index in [4.69, 9.17) is 4.74 Å². The van der Waals surface area contributed by atoms with E-state index < -0.39 is 0 Å². The molecule has 0 radical (unpaired) electrons. The first kappa shape index (κ1) is 21.5. The molecule has 2 aliphatic rings. The van der Waals surface area contributed by atoms with Crippen molar-refractivity contribution < 1.29 is 9.53 Å². The summed E-state index contributed by atoms with van der Waals surface area (Å²) in [5.74, 6) is 0.00436. The summed E-state index contributed by atoms with van der Waals surface area (Å²) in [5, 5.41) is 14.1. The van der Waals surface area contributed by atoms with Crippen molar-refractivity contribution >= 4 is 22.9 Å². The third-order valence-corrected chi connectivity index (χ3v) is 7.77. The predicted octanol–water partition coefficient (Wildman–Crippen LogP) is 2.84. The molecule has 9 nitrogen and oxygen atoms in total. The van der Waals surface area contributed by atoms with Crippen LogP contribution < -0.4 is 5.32 Å². The van der Waals surface area contributed by atoms with Crippen molar-refractivity contribution in [1.29, 1.82) is 0 Å². The molecule has 4 aromatic heterocycles. The largest absolute Gasteiger partial charge is 0.379 e. The number of nitrogens with one attached hydrogen (secondary N) is 1. The minimum atomic E-state index is 0.00436. The summed E-state index contributed by atoms with van der Waals surface area (Å²) in [4.78, 5) is 20.9. The molecule has 34 heavy (non-hydrogen) atoms. The van der Waals surface area contributed by atoms with Gasteiger partial charge in [-0.3, -0.25) is 14.4 Å². The topological polar surface area (TPSA) is 89.6 Å². The van der Waals surface area contributed by atoms with Crippen molar-refractivity contribution in [2.24, 2.45) is 7.05 Å². The molecule has 1 aliphatic heterocycles. The van der Waals surface area contributed by atoms with Crippen LogP contribution in [0.2, 0.25) is 0 Å². The Labute approximate surface area is 201 Å². The van der Waals surface area contributed by atoms with E-state index in [2.05, 4.69) is 25.4 Å². The number of amides is 1. The minimum Gasteiger partial charge on any atom is -0.379 e. The summed E-state index contributed by atoms with van der Waals surface area (Å²) in [5.41, 5.74) is 4.58. The van der Waals surface area contributed by atoms with E-state index in [-0.39, 0.29) is 11.9 Å². The highest BCUT2D eigenvalue weighted by atomic mass is 32.1. The second kappa shape index (κ2) is 8.94. The molecule has 0 unspecified atom stereocenters. The van der Waals surface area contributed by atoms with Gasteiger partial charge in [-0.05, 0) is 36.3 Å². The number of rotatable bonds is 5. The number of carbonyl (C=O) groups is 1. The van der Waals surface area contributed by atoms with Crippen molar-refractivity contribution in [3.05, 3.63) is 47.3 Å². The Hall–Kier alpha value is -3.08. The Bertz CT molecular complexity index is 1320. The lowest BCUT2D eigenvalue weighted by Gasteiger charge is -2.35. The summed E-state index contributed by atoms with van der Waals surface area (Å²) >= 11 is 1.47. The van der Waals surface area contributed by atoms with Crippen LogP contribution in [0.5, 0.6) is 0 Å². The summed E-state index contributed by atoms with van der Waals surface area (Å²) in [7, 11) is 1.89. The first-order valence-corrected chi connectivity index (χ1v) is 12.6. The van der Waals surface area contributed by atoms with E-state index in [1.165, 1.54) is 11.3 Å². The first-order valence-electron chi connectivity index (χ1n) is 11.7. The van der Waals surface area contributed by atoms with Gasteiger partial charge in [-0.15, -0.1) is 11.3 Å². The van der Waals surface area contributed by atoms with E-state index >= 15 is 0 Å². The summed E-state index contributed by atoms with van der Waals surface area (Å²) in [6.07, 6.45) is 12.7. The van der Waals surface area contributed by atoms with Crippen LogP contribution in [0.1, 0.15) is 28.9 Å². The zero-order valence-corrected chi connectivity index (χ0v) is 19.9. The zero-order chi connectivity index (χ0) is 23.1. The third-order valence-electron chi connectivity index (χ3n) is 6.84. The van der Waals surface area contributed by atoms with E-state index in [9.17, 15) is 4.79 Å². The lowest BCUT2D eigenvalue weighted by atomic mass is 10.1. The maximum Gasteiger partial charge on any atom is 0.261 e. The quantitative estimate of drug-likeness (QED) is 0.476. The van der Waals surface area contributed by atoms with E-state index in [1.807, 2.05) is 49.5 Å². The highest BCUT2D eigenvalue weighted by Crippen LogP contribution is 2.30. The SMILES string of the molecule is Cn1cc(-c2cnc3c(-c4csc(C(=O)N[C@@H]5CCC[C@@H]5N5CCOCC5)c4)cnn3c2)cn1. The molecule has 1 saturated carbocycles. The molecule has 1 amide bonds. The average Bonchev–Trinajstić information content (AvgIpc) is 3.65. The van der Waals surface area contributed by atoms with Gasteiger partial charge in [0.15, 0.2) is 5.65 Å². The molecule has 10 heteroatoms. The molecule has 0 aromatic carbocycles. The fourth-order valence-electron chi connectivity index (χ4n) is 5.09. The Morgan fingerprint density at radius 1 is 1.09 bits per heavy atom. The van der Waals surface area contributed by atoms with Crippen molar-refractivity contribution in [1.82, 2.24) is 34.6 Å². The molecular formula is C24H27N7O2S. The zero-order valence-electron chi connectivity index (χ0n) is 19.1. The number of hydrogen-bond donors (Lipinski definition) is 1. The van der Waals surface area contributed by atoms with Crippen molar-refractivity contribution in [2.45, 2.75) is 31.3 Å². The molecule has 1 N–H and O–H groups in total. The molecule has 1 aliphatic carbocycles. The number of aryl methyl sites for hydroxylation is 1. The van der Waals surface area contributed by atoms with E-state index in [0.29, 0.717) is 10.9 Å². The van der Waals surface area contributed by atoms with Crippen LogP contribution in [0.3, 0.4) is 0 Å². The summed E-state index contributed by atoms with van der Waals surface area (Å²) in [6.45, 7) is 3.46. The lowest BCUT2D eigenvalue weighted by molar-refractivity contribution is 0.0126. The van der Waals surface area contributed by atoms with Gasteiger partial charge < -0.3 is 10.1 Å². The van der Waals surface area contributed by atoms with Gasteiger partial charge in [0.25, 0.3) is 5.91 Å². The van der Waals surface area contributed by atoms with Gasteiger partial charge in [0, 0.05) is 67.5 Å². The average molecular weight is 478 g/mol. The molecule has 6 rings (SSSR count). The Balaban J connectivity index is 1.19. The highest BCUT2D eigenvalue weighted by molar-refractivity contribution is 7.12. The van der Waals surface area contributed by atoms with Gasteiger partial charge in [0.1, 0.15) is 0 Å². The van der Waals surface area contributed by atoms with Crippen LogP contribution >= 0.6 is 11.3 Å². The second-order valence-corrected chi connectivity index (χ2v) is 9.91. The second-order valence-electron chi connectivity index (χ2n) is 9.00. The van der Waals surface area contributed by atoms with Gasteiger partial charge in [-0.2, -0.15) is 10.2 Å². The number of morpholine rings is 1. The normalized spacial score (nSPS) is 21.3. The third kappa shape index (κ3) is 4.02. The highest BCUT2D eigenvalue weighted by Gasteiger charge is 2.34. The minimum absolute atomic E-state index is 0.00436. The van der Waals surface area contributed by atoms with Crippen LogP contribution in [0.15, 0.2) is 42.4 Å². The number of hydrogen-bond acceptors (Lipinski definition) is 7. The molecule has 4 aromatic rings. The molecule has 5 heterocycles. The number of ether oxygens (including phenoxy) is 1. The molecule has 176 valence electrons. The fourth-order valence-corrected chi connectivity index (χ4v) is 5.90. The molecule has 1 saturated heterocycles. The van der Waals surface area contributed by atoms with Crippen molar-refractivity contribution in [3.63, 3.8) is 0 Å². The van der Waals surface area contributed by atoms with Crippen molar-refractivity contribution in [2.75, 3.05) is 26.3 Å². The molecule has 0 bridgehead atoms. The van der Waals surface area contributed by atoms with Gasteiger partial charge in [-0.25, -0.2) is 9.50 Å². The van der Waals surface area contributed by atoms with E-state index in [1.54, 1.807) is 9.20 Å². The fraction of sp³-hybridized carbons (Fsp3) is 0.417. The standard InChI is InChI=1S/C24H27N7O2S/c1-29-13-18(11-26-29)17-10-25-23-19(12-27-31(23)14-17)16-9-22(34-15-16)24(32)28-20-3-2-4-21(20)30-5-7-33-8-6-30/h9-15,20-21H,2-8H2,1H3,(H,28,32)/t20-,21+/m1/s1. The van der Waals surface area contributed by atoms with E-state index in [0.717, 1.165) is 73.5 Å². The first-order chi connectivity index (χ1) is 16.7. The number of aromatic nitrogens is 5. The van der Waals surface area contributed by atoms with Crippen LogP contribution in [0.25, 0.3) is 27.9 Å². The Morgan fingerprint density at radius 3 is 2.76 bits per heavy atom. The Kier molecular flexibility index (Phi) is 5.64. The molecule has 0 spiro atoms. The van der Waals surface area contributed by atoms with Gasteiger partial charge in [-0.1, -0.05) is 0 Å². The van der Waals surface area contributed by atoms with Crippen LogP contribution in [-0.2, 0) is 11.8 Å². The number of thiophene rings is 1. The lowest BCUT2D eigenvalue weighted by Crippen LogP contribution is -2.52. The van der Waals surface area contributed by atoms with Gasteiger partial charge in [0.2, 0.25) is 0 Å². The van der Waals surface area contributed by atoms with Crippen LogP contribution in [0, 0.1) is 0 Å². The number of carbonyl (C=O) groups excluding carboxylic acids is 1. The maximum atomic E-state index is 13.1. The molecule has 2 fully saturated rings. The van der Waals surface area contributed by atoms with Gasteiger partial charge in [0.05, 0.1) is 30.5 Å². The number of nitrogens with zero attached hydrogens (tertiary/aromatic N) is 6. The molecule has 2 atom stereocenters. The van der Waals surface area contributed by atoms with Crippen LogP contribution in [0.4, 0.5) is 0 Å². The monoisotopic (exact) mass is 477 g/mol. The summed E-state index contributed by atoms with van der Waals surface area (Å²) < 4.78 is 9.04. The molecular weight excluding hydrogens is 450 g/mol. The smallest absolute Gasteiger partial charge is 0.261 e.